The van der Waals surface area contributed by atoms with Crippen LogP contribution >= 0.6 is 27.5 Å². The molecule has 2 aromatic rings. The average molecular weight is 258 g/mol. The van der Waals surface area contributed by atoms with Gasteiger partial charge in [-0.05, 0) is 18.2 Å². The lowest BCUT2D eigenvalue weighted by Crippen LogP contribution is -1.90. The predicted octanol–water partition coefficient (Wildman–Crippen LogP) is 3.23. The van der Waals surface area contributed by atoms with E-state index in [-0.39, 0.29) is 0 Å². The number of nitrogen functional groups attached to an aromatic ring is 1. The van der Waals surface area contributed by atoms with Gasteiger partial charge in [-0.1, -0.05) is 27.5 Å². The summed E-state index contributed by atoms with van der Waals surface area (Å²) in [5, 5.41) is 1.38. The number of hydrogen-bond acceptors (Lipinski definition) is 2. The molecule has 1 aromatic carbocycles. The SMILES string of the molecule is Nc1c(Cl)cnc2cc(Br)ccc12. The van der Waals surface area contributed by atoms with E-state index in [2.05, 4.69) is 20.9 Å². The summed E-state index contributed by atoms with van der Waals surface area (Å²) in [7, 11) is 0. The van der Waals surface area contributed by atoms with E-state index < -0.39 is 0 Å². The molecular weight excluding hydrogens is 251 g/mol. The molecule has 0 fully saturated rings. The highest BCUT2D eigenvalue weighted by atomic mass is 79.9. The molecule has 0 saturated carbocycles. The molecule has 0 aliphatic rings. The molecule has 1 heterocycles. The zero-order chi connectivity index (χ0) is 9.42. The van der Waals surface area contributed by atoms with Gasteiger partial charge < -0.3 is 5.73 Å². The Morgan fingerprint density at radius 2 is 2.15 bits per heavy atom. The number of benzene rings is 1. The zero-order valence-corrected chi connectivity index (χ0v) is 8.93. The number of fused-ring (bicyclic) bond motifs is 1. The predicted molar refractivity (Wildman–Crippen MR) is 58.9 cm³/mol. The van der Waals surface area contributed by atoms with Gasteiger partial charge >= 0.3 is 0 Å². The van der Waals surface area contributed by atoms with Gasteiger partial charge in [0, 0.05) is 16.1 Å². The molecule has 0 bridgehead atoms. The molecule has 0 amide bonds. The van der Waals surface area contributed by atoms with Crippen LogP contribution in [0.3, 0.4) is 0 Å². The molecule has 2 rings (SSSR count). The fourth-order valence-corrected chi connectivity index (χ4v) is 1.66. The van der Waals surface area contributed by atoms with Gasteiger partial charge in [-0.2, -0.15) is 0 Å². The maximum atomic E-state index is 5.83. The first-order chi connectivity index (χ1) is 6.18. The lowest BCUT2D eigenvalue weighted by atomic mass is 10.2. The molecule has 1 aromatic heterocycles. The van der Waals surface area contributed by atoms with Crippen LogP contribution in [-0.4, -0.2) is 4.98 Å². The van der Waals surface area contributed by atoms with Crippen LogP contribution < -0.4 is 5.73 Å². The minimum atomic E-state index is 0.495. The fourth-order valence-electron chi connectivity index (χ4n) is 1.16. The maximum absolute atomic E-state index is 5.83. The van der Waals surface area contributed by atoms with E-state index in [1.165, 1.54) is 0 Å². The summed E-state index contributed by atoms with van der Waals surface area (Å²) in [5.41, 5.74) is 7.21. The van der Waals surface area contributed by atoms with Crippen LogP contribution in [0, 0.1) is 0 Å². The fraction of sp³-hybridized carbons (Fsp3) is 0. The molecule has 0 saturated heterocycles. The first-order valence-corrected chi connectivity index (χ1v) is 4.85. The molecule has 0 spiro atoms. The van der Waals surface area contributed by atoms with Crippen molar-refractivity contribution < 1.29 is 0 Å². The molecule has 2 nitrogen and oxygen atoms in total. The molecule has 66 valence electrons. The second-order valence-electron chi connectivity index (χ2n) is 2.68. The van der Waals surface area contributed by atoms with Crippen molar-refractivity contribution >= 4 is 44.1 Å². The van der Waals surface area contributed by atoms with Crippen LogP contribution in [-0.2, 0) is 0 Å². The summed E-state index contributed by atoms with van der Waals surface area (Å²) in [5.74, 6) is 0. The van der Waals surface area contributed by atoms with Crippen molar-refractivity contribution in [2.24, 2.45) is 0 Å². The van der Waals surface area contributed by atoms with Gasteiger partial charge in [-0.15, -0.1) is 0 Å². The van der Waals surface area contributed by atoms with E-state index >= 15 is 0 Å². The Balaban J connectivity index is 2.87. The standard InChI is InChI=1S/C9H6BrClN2/c10-5-1-2-6-8(3-5)13-4-7(11)9(6)12/h1-4H,(H2,12,13). The number of nitrogens with zero attached hydrogens (tertiary/aromatic N) is 1. The molecule has 0 atom stereocenters. The quantitative estimate of drug-likeness (QED) is 0.787. The van der Waals surface area contributed by atoms with Crippen molar-refractivity contribution in [3.63, 3.8) is 0 Å². The molecule has 0 unspecified atom stereocenters. The third-order valence-corrected chi connectivity index (χ3v) is 2.62. The van der Waals surface area contributed by atoms with Crippen molar-refractivity contribution in [2.45, 2.75) is 0 Å². The molecule has 2 N–H and O–H groups in total. The Labute approximate surface area is 88.8 Å². The lowest BCUT2D eigenvalue weighted by molar-refractivity contribution is 1.41. The number of rotatable bonds is 0. The summed E-state index contributed by atoms with van der Waals surface area (Å²) < 4.78 is 0.981. The van der Waals surface area contributed by atoms with Gasteiger partial charge in [-0.25, -0.2) is 0 Å². The molecule has 0 radical (unpaired) electrons. The van der Waals surface area contributed by atoms with E-state index in [1.54, 1.807) is 6.20 Å². The molecule has 4 heteroatoms. The van der Waals surface area contributed by atoms with E-state index in [9.17, 15) is 0 Å². The number of halogens is 2. The first-order valence-electron chi connectivity index (χ1n) is 3.68. The highest BCUT2D eigenvalue weighted by molar-refractivity contribution is 9.10. The minimum Gasteiger partial charge on any atom is -0.397 e. The molecular formula is C9H6BrClN2. The number of nitrogens with two attached hydrogens (primary N) is 1. The zero-order valence-electron chi connectivity index (χ0n) is 6.59. The van der Waals surface area contributed by atoms with Crippen molar-refractivity contribution in [1.29, 1.82) is 0 Å². The molecule has 0 aliphatic heterocycles. The average Bonchev–Trinajstić information content (AvgIpc) is 2.12. The number of pyridine rings is 1. The van der Waals surface area contributed by atoms with E-state index in [0.29, 0.717) is 10.7 Å². The molecule has 0 aliphatic carbocycles. The van der Waals surface area contributed by atoms with Crippen LogP contribution in [0.4, 0.5) is 5.69 Å². The number of anilines is 1. The summed E-state index contributed by atoms with van der Waals surface area (Å²) in [6, 6.07) is 5.71. The van der Waals surface area contributed by atoms with Crippen LogP contribution in [0.5, 0.6) is 0 Å². The Morgan fingerprint density at radius 1 is 1.38 bits per heavy atom. The summed E-state index contributed by atoms with van der Waals surface area (Å²) in [6.45, 7) is 0. The Bertz CT molecular complexity index is 470. The first kappa shape index (κ1) is 8.78. The largest absolute Gasteiger partial charge is 0.397 e. The highest BCUT2D eigenvalue weighted by Crippen LogP contribution is 2.28. The van der Waals surface area contributed by atoms with Crippen molar-refractivity contribution in [3.8, 4) is 0 Å². The van der Waals surface area contributed by atoms with Crippen molar-refractivity contribution in [1.82, 2.24) is 4.98 Å². The molecule has 13 heavy (non-hydrogen) atoms. The number of aromatic nitrogens is 1. The van der Waals surface area contributed by atoms with E-state index in [0.717, 1.165) is 15.4 Å². The van der Waals surface area contributed by atoms with Gasteiger partial charge in [-0.3, -0.25) is 4.98 Å². The van der Waals surface area contributed by atoms with Crippen molar-refractivity contribution in [2.75, 3.05) is 5.73 Å². The number of hydrogen-bond donors (Lipinski definition) is 1. The third kappa shape index (κ3) is 1.49. The monoisotopic (exact) mass is 256 g/mol. The van der Waals surface area contributed by atoms with Crippen LogP contribution in [0.25, 0.3) is 10.9 Å². The Kier molecular flexibility index (Phi) is 2.14. The summed E-state index contributed by atoms with van der Waals surface area (Å²) in [6.07, 6.45) is 1.56. The van der Waals surface area contributed by atoms with Gasteiger partial charge in [0.2, 0.25) is 0 Å². The van der Waals surface area contributed by atoms with Gasteiger partial charge in [0.1, 0.15) is 0 Å². The normalized spacial score (nSPS) is 10.6. The van der Waals surface area contributed by atoms with E-state index in [4.69, 9.17) is 17.3 Å². The third-order valence-electron chi connectivity index (χ3n) is 1.82. The smallest absolute Gasteiger partial charge is 0.0825 e. The lowest BCUT2D eigenvalue weighted by Gasteiger charge is -2.02. The van der Waals surface area contributed by atoms with Crippen LogP contribution in [0.1, 0.15) is 0 Å². The summed E-state index contributed by atoms with van der Waals surface area (Å²) in [4.78, 5) is 4.16. The Hall–Kier alpha value is -0.800. The minimum absolute atomic E-state index is 0.495. The van der Waals surface area contributed by atoms with Gasteiger partial charge in [0.15, 0.2) is 0 Å². The summed E-state index contributed by atoms with van der Waals surface area (Å²) >= 11 is 9.19. The maximum Gasteiger partial charge on any atom is 0.0825 e. The second-order valence-corrected chi connectivity index (χ2v) is 4.00. The van der Waals surface area contributed by atoms with Crippen molar-refractivity contribution in [3.05, 3.63) is 33.9 Å². The van der Waals surface area contributed by atoms with E-state index in [1.807, 2.05) is 18.2 Å². The Morgan fingerprint density at radius 3 is 2.92 bits per heavy atom. The van der Waals surface area contributed by atoms with Crippen LogP contribution in [0.2, 0.25) is 5.02 Å². The topological polar surface area (TPSA) is 38.9 Å². The van der Waals surface area contributed by atoms with Gasteiger partial charge in [0.05, 0.1) is 16.2 Å². The van der Waals surface area contributed by atoms with Crippen LogP contribution in [0.15, 0.2) is 28.9 Å². The second kappa shape index (κ2) is 3.16. The van der Waals surface area contributed by atoms with Gasteiger partial charge in [0.25, 0.3) is 0 Å². The highest BCUT2D eigenvalue weighted by Gasteiger charge is 2.03.